The summed E-state index contributed by atoms with van der Waals surface area (Å²) in [5, 5.41) is 19.4. The number of nitrogens with zero attached hydrogens (tertiary/aromatic N) is 3. The number of thiophene rings is 1. The number of fused-ring (bicyclic) bond motifs is 1. The van der Waals surface area contributed by atoms with Gasteiger partial charge in [-0.05, 0) is 53.6 Å². The Morgan fingerprint density at radius 1 is 1.20 bits per heavy atom. The molecule has 1 aromatic heterocycles. The molecule has 0 aliphatic carbocycles. The first kappa shape index (κ1) is 17.0. The Kier molecular flexibility index (Phi) is 4.26. The third kappa shape index (κ3) is 3.51. The Morgan fingerprint density at radius 2 is 1.96 bits per heavy atom. The summed E-state index contributed by atoms with van der Waals surface area (Å²) in [4.78, 5) is -0.170. The summed E-state index contributed by atoms with van der Waals surface area (Å²) in [6, 6.07) is 11.5. The zero-order valence-corrected chi connectivity index (χ0v) is 14.6. The average Bonchev–Trinajstić information content (AvgIpc) is 2.91. The maximum Gasteiger partial charge on any atom is 0.294 e. The molecule has 126 valence electrons. The summed E-state index contributed by atoms with van der Waals surface area (Å²) in [7, 11) is -4.29. The Morgan fingerprint density at radius 3 is 2.60 bits per heavy atom. The molecule has 0 saturated heterocycles. The van der Waals surface area contributed by atoms with Gasteiger partial charge < -0.3 is 5.73 Å². The third-order valence-corrected chi connectivity index (χ3v) is 5.23. The minimum Gasteiger partial charge on any atom is -0.389 e. The van der Waals surface area contributed by atoms with Gasteiger partial charge in [-0.25, -0.2) is 0 Å². The number of hydrogen-bond donors (Lipinski definition) is 2. The molecular weight excluding hydrogens is 360 g/mol. The summed E-state index contributed by atoms with van der Waals surface area (Å²) >= 11 is 1.15. The maximum atomic E-state index is 11.4. The van der Waals surface area contributed by atoms with E-state index in [-0.39, 0.29) is 4.90 Å². The van der Waals surface area contributed by atoms with Crippen LogP contribution in [0.4, 0.5) is 15.7 Å². The normalized spacial score (nSPS) is 11.9. The van der Waals surface area contributed by atoms with Gasteiger partial charge in [0.2, 0.25) is 0 Å². The molecule has 0 saturated carbocycles. The van der Waals surface area contributed by atoms with Crippen molar-refractivity contribution >= 4 is 47.9 Å². The van der Waals surface area contributed by atoms with E-state index in [4.69, 9.17) is 11.0 Å². The van der Waals surface area contributed by atoms with Gasteiger partial charge in [0, 0.05) is 0 Å². The van der Waals surface area contributed by atoms with Gasteiger partial charge in [-0.15, -0.1) is 10.2 Å². The SMILES string of the molecule is Cc1cc(S(=O)(=O)O)cc2cc(N=Nc3cc(C#N)c(N)s3)ccc12. The standard InChI is InChI=1S/C16H12N4O3S2/c1-9-4-13(25(21,22)23)6-10-5-12(2-3-14(9)10)19-20-15-7-11(8-17)16(18)24-15/h2-7H,18H2,1H3,(H,21,22,23). The van der Waals surface area contributed by atoms with E-state index in [2.05, 4.69) is 10.2 Å². The van der Waals surface area contributed by atoms with E-state index in [1.54, 1.807) is 31.2 Å². The van der Waals surface area contributed by atoms with Gasteiger partial charge in [0.1, 0.15) is 16.1 Å². The van der Waals surface area contributed by atoms with Gasteiger partial charge >= 0.3 is 0 Å². The van der Waals surface area contributed by atoms with Crippen molar-refractivity contribution in [2.24, 2.45) is 10.2 Å². The fraction of sp³-hybridized carbons (Fsp3) is 0.0625. The number of nitrogen functional groups attached to an aromatic ring is 1. The molecule has 0 spiro atoms. The summed E-state index contributed by atoms with van der Waals surface area (Å²) in [5.41, 5.74) is 7.26. The molecule has 0 fully saturated rings. The van der Waals surface area contributed by atoms with Crippen molar-refractivity contribution in [3.8, 4) is 6.07 Å². The highest BCUT2D eigenvalue weighted by Crippen LogP contribution is 2.33. The lowest BCUT2D eigenvalue weighted by Crippen LogP contribution is -1.98. The molecule has 7 nitrogen and oxygen atoms in total. The molecule has 0 unspecified atom stereocenters. The molecular formula is C16H12N4O3S2. The van der Waals surface area contributed by atoms with E-state index < -0.39 is 10.1 Å². The minimum atomic E-state index is -4.29. The van der Waals surface area contributed by atoms with Crippen LogP contribution in [-0.2, 0) is 10.1 Å². The quantitative estimate of drug-likeness (QED) is 0.522. The van der Waals surface area contributed by atoms with Crippen LogP contribution in [0.5, 0.6) is 0 Å². The predicted molar refractivity (Wildman–Crippen MR) is 96.1 cm³/mol. The Balaban J connectivity index is 2.03. The number of benzene rings is 2. The second kappa shape index (κ2) is 6.25. The Bertz CT molecular complexity index is 1160. The molecule has 2 aromatic carbocycles. The van der Waals surface area contributed by atoms with Crippen LogP contribution in [0.25, 0.3) is 10.8 Å². The van der Waals surface area contributed by atoms with Crippen LogP contribution in [0.3, 0.4) is 0 Å². The van der Waals surface area contributed by atoms with Crippen molar-refractivity contribution < 1.29 is 13.0 Å². The highest BCUT2D eigenvalue weighted by atomic mass is 32.2. The summed E-state index contributed by atoms with van der Waals surface area (Å²) < 4.78 is 32.0. The second-order valence-corrected chi connectivity index (χ2v) is 7.78. The molecule has 0 atom stereocenters. The number of hydrogen-bond acceptors (Lipinski definition) is 7. The molecule has 3 aromatic rings. The average molecular weight is 372 g/mol. The molecule has 3 rings (SSSR count). The van der Waals surface area contributed by atoms with Gasteiger partial charge in [-0.2, -0.15) is 13.7 Å². The molecule has 9 heteroatoms. The minimum absolute atomic E-state index is 0.170. The number of nitrogens with two attached hydrogens (primary N) is 1. The van der Waals surface area contributed by atoms with Crippen molar-refractivity contribution in [1.82, 2.24) is 0 Å². The molecule has 3 N–H and O–H groups in total. The van der Waals surface area contributed by atoms with Crippen molar-refractivity contribution in [3.63, 3.8) is 0 Å². The lowest BCUT2D eigenvalue weighted by atomic mass is 10.1. The number of aryl methyl sites for hydroxylation is 1. The van der Waals surface area contributed by atoms with E-state index in [9.17, 15) is 13.0 Å². The monoisotopic (exact) mass is 372 g/mol. The van der Waals surface area contributed by atoms with Crippen LogP contribution in [0.1, 0.15) is 11.1 Å². The molecule has 1 heterocycles. The Labute approximate surface area is 147 Å². The molecule has 0 amide bonds. The van der Waals surface area contributed by atoms with Crippen LogP contribution < -0.4 is 5.73 Å². The van der Waals surface area contributed by atoms with E-state index in [0.29, 0.717) is 26.6 Å². The third-order valence-electron chi connectivity index (χ3n) is 3.55. The van der Waals surface area contributed by atoms with Gasteiger partial charge in [-0.1, -0.05) is 17.4 Å². The first-order valence-corrected chi connectivity index (χ1v) is 9.26. The van der Waals surface area contributed by atoms with Crippen LogP contribution in [0, 0.1) is 18.3 Å². The number of anilines is 1. The van der Waals surface area contributed by atoms with Crippen molar-refractivity contribution in [2.75, 3.05) is 5.73 Å². The molecule has 25 heavy (non-hydrogen) atoms. The topological polar surface area (TPSA) is 129 Å². The predicted octanol–water partition coefficient (Wildman–Crippen LogP) is 4.33. The first-order valence-electron chi connectivity index (χ1n) is 7.01. The largest absolute Gasteiger partial charge is 0.389 e. The fourth-order valence-corrected chi connectivity index (χ4v) is 3.66. The second-order valence-electron chi connectivity index (χ2n) is 5.30. The summed E-state index contributed by atoms with van der Waals surface area (Å²) in [6.07, 6.45) is 0. The zero-order valence-electron chi connectivity index (χ0n) is 13.0. The van der Waals surface area contributed by atoms with Crippen molar-refractivity contribution in [2.45, 2.75) is 11.8 Å². The Hall–Kier alpha value is -2.80. The highest BCUT2D eigenvalue weighted by molar-refractivity contribution is 7.85. The first-order chi connectivity index (χ1) is 11.8. The van der Waals surface area contributed by atoms with Crippen molar-refractivity contribution in [1.29, 1.82) is 5.26 Å². The van der Waals surface area contributed by atoms with Crippen LogP contribution >= 0.6 is 11.3 Å². The molecule has 0 radical (unpaired) electrons. The van der Waals surface area contributed by atoms with E-state index in [0.717, 1.165) is 22.3 Å². The van der Waals surface area contributed by atoms with Crippen LogP contribution in [0.2, 0.25) is 0 Å². The molecule has 0 bridgehead atoms. The van der Waals surface area contributed by atoms with Crippen LogP contribution in [0.15, 0.2) is 51.5 Å². The number of nitriles is 1. The smallest absolute Gasteiger partial charge is 0.294 e. The van der Waals surface area contributed by atoms with Gasteiger partial charge in [0.25, 0.3) is 10.1 Å². The summed E-state index contributed by atoms with van der Waals surface area (Å²) in [6.45, 7) is 1.76. The van der Waals surface area contributed by atoms with Gasteiger partial charge in [-0.3, -0.25) is 4.55 Å². The van der Waals surface area contributed by atoms with E-state index in [1.165, 1.54) is 12.1 Å². The zero-order chi connectivity index (χ0) is 18.2. The van der Waals surface area contributed by atoms with E-state index >= 15 is 0 Å². The summed E-state index contributed by atoms with van der Waals surface area (Å²) in [5.74, 6) is 0. The lowest BCUT2D eigenvalue weighted by Gasteiger charge is -2.06. The van der Waals surface area contributed by atoms with Crippen LogP contribution in [-0.4, -0.2) is 13.0 Å². The van der Waals surface area contributed by atoms with Crippen molar-refractivity contribution in [3.05, 3.63) is 47.5 Å². The number of rotatable bonds is 3. The lowest BCUT2D eigenvalue weighted by molar-refractivity contribution is 0.483. The molecule has 0 aliphatic rings. The van der Waals surface area contributed by atoms with Gasteiger partial charge in [0.15, 0.2) is 0 Å². The van der Waals surface area contributed by atoms with Gasteiger partial charge in [0.05, 0.1) is 16.1 Å². The number of azo groups is 1. The fourth-order valence-electron chi connectivity index (χ4n) is 2.36. The molecule has 0 aliphatic heterocycles. The van der Waals surface area contributed by atoms with E-state index in [1.807, 2.05) is 6.07 Å². The highest BCUT2D eigenvalue weighted by Gasteiger charge is 2.12. The maximum absolute atomic E-state index is 11.4.